The number of aromatic amines is 1. The summed E-state index contributed by atoms with van der Waals surface area (Å²) in [5.41, 5.74) is 2.76. The zero-order valence-electron chi connectivity index (χ0n) is 15.0. The van der Waals surface area contributed by atoms with E-state index in [2.05, 4.69) is 20.3 Å². The van der Waals surface area contributed by atoms with Gasteiger partial charge in [-0.1, -0.05) is 25.1 Å². The molecular weight excluding hydrogens is 371 g/mol. The topological polar surface area (TPSA) is 67.0 Å². The highest BCUT2D eigenvalue weighted by Gasteiger charge is 2.16. The van der Waals surface area contributed by atoms with Crippen LogP contribution in [0, 0.1) is 5.82 Å². The van der Waals surface area contributed by atoms with Crippen molar-refractivity contribution in [1.82, 2.24) is 15.5 Å². The fourth-order valence-corrected chi connectivity index (χ4v) is 2.81. The zero-order valence-corrected chi connectivity index (χ0v) is 15.0. The number of rotatable bonds is 7. The van der Waals surface area contributed by atoms with E-state index in [1.54, 1.807) is 18.2 Å². The number of aryl methyl sites for hydroxylation is 1. The number of alkyl halides is 2. The molecule has 0 atom stereocenters. The fourth-order valence-electron chi connectivity index (χ4n) is 2.81. The number of carbonyl (C=O) groups excluding carboxylic acids is 1. The summed E-state index contributed by atoms with van der Waals surface area (Å²) in [5, 5.41) is 9.59. The van der Waals surface area contributed by atoms with Gasteiger partial charge in [0.15, 0.2) is 0 Å². The molecule has 3 rings (SSSR count). The van der Waals surface area contributed by atoms with Crippen molar-refractivity contribution in [1.29, 1.82) is 0 Å². The number of nitrogens with one attached hydrogen (secondary N) is 2. The molecule has 0 radical (unpaired) electrons. The number of carbonyl (C=O) groups is 1. The van der Waals surface area contributed by atoms with Crippen LogP contribution < -0.4 is 10.1 Å². The van der Waals surface area contributed by atoms with Crippen LogP contribution in [0.15, 0.2) is 48.5 Å². The Hall–Kier alpha value is -3.29. The van der Waals surface area contributed by atoms with Crippen LogP contribution in [0.25, 0.3) is 11.3 Å². The Morgan fingerprint density at radius 1 is 1.21 bits per heavy atom. The fraction of sp³-hybridized carbons (Fsp3) is 0.200. The third-order valence-electron chi connectivity index (χ3n) is 4.15. The van der Waals surface area contributed by atoms with Crippen molar-refractivity contribution in [3.63, 3.8) is 0 Å². The molecule has 0 aliphatic rings. The van der Waals surface area contributed by atoms with Crippen molar-refractivity contribution in [2.75, 3.05) is 0 Å². The number of hydrogen-bond acceptors (Lipinski definition) is 3. The second-order valence-electron chi connectivity index (χ2n) is 5.99. The summed E-state index contributed by atoms with van der Waals surface area (Å²) >= 11 is 0. The largest absolute Gasteiger partial charge is 0.434 e. The number of H-pyrrole nitrogens is 1. The summed E-state index contributed by atoms with van der Waals surface area (Å²) in [4.78, 5) is 12.3. The molecule has 0 bridgehead atoms. The molecule has 5 nitrogen and oxygen atoms in total. The lowest BCUT2D eigenvalue weighted by Crippen LogP contribution is -2.24. The summed E-state index contributed by atoms with van der Waals surface area (Å²) in [6, 6.07) is 12.0. The molecule has 2 N–H and O–H groups in total. The van der Waals surface area contributed by atoms with Gasteiger partial charge in [0.25, 0.3) is 5.91 Å². The van der Waals surface area contributed by atoms with Gasteiger partial charge in [-0.2, -0.15) is 13.9 Å². The smallest absolute Gasteiger partial charge is 0.387 e. The van der Waals surface area contributed by atoms with Gasteiger partial charge < -0.3 is 10.1 Å². The Bertz CT molecular complexity index is 973. The van der Waals surface area contributed by atoms with Crippen molar-refractivity contribution in [2.24, 2.45) is 0 Å². The van der Waals surface area contributed by atoms with Gasteiger partial charge in [-0.05, 0) is 42.3 Å². The Labute approximate surface area is 159 Å². The van der Waals surface area contributed by atoms with Gasteiger partial charge in [0.1, 0.15) is 11.6 Å². The number of amides is 1. The molecule has 8 heteroatoms. The minimum Gasteiger partial charge on any atom is -0.434 e. The number of hydrogen-bond donors (Lipinski definition) is 2. The molecule has 1 heterocycles. The first kappa shape index (κ1) is 19.5. The molecule has 0 saturated carbocycles. The average molecular weight is 389 g/mol. The minimum atomic E-state index is -3.02. The Morgan fingerprint density at radius 3 is 2.75 bits per heavy atom. The predicted molar refractivity (Wildman–Crippen MR) is 97.6 cm³/mol. The monoisotopic (exact) mass is 389 g/mol. The van der Waals surface area contributed by atoms with Gasteiger partial charge in [0, 0.05) is 5.56 Å². The number of benzene rings is 2. The lowest BCUT2D eigenvalue weighted by Gasteiger charge is -2.10. The van der Waals surface area contributed by atoms with E-state index in [-0.39, 0.29) is 23.7 Å². The highest BCUT2D eigenvalue weighted by atomic mass is 19.3. The summed E-state index contributed by atoms with van der Waals surface area (Å²) in [6.07, 6.45) is 0.718. The zero-order chi connectivity index (χ0) is 20.1. The summed E-state index contributed by atoms with van der Waals surface area (Å²) in [5.74, 6) is -1.12. The summed E-state index contributed by atoms with van der Waals surface area (Å²) < 4.78 is 42.9. The first-order chi connectivity index (χ1) is 13.5. The summed E-state index contributed by atoms with van der Waals surface area (Å²) in [7, 11) is 0. The second-order valence-corrected chi connectivity index (χ2v) is 5.99. The highest BCUT2D eigenvalue weighted by molar-refractivity contribution is 5.96. The van der Waals surface area contributed by atoms with Crippen LogP contribution >= 0.6 is 0 Å². The molecule has 1 aromatic heterocycles. The van der Waals surface area contributed by atoms with E-state index in [0.717, 1.165) is 12.0 Å². The Kier molecular flexibility index (Phi) is 5.98. The van der Waals surface area contributed by atoms with Crippen LogP contribution in [-0.4, -0.2) is 22.7 Å². The molecule has 3 aromatic rings. The molecular formula is C20H18F3N3O2. The van der Waals surface area contributed by atoms with Gasteiger partial charge in [0.05, 0.1) is 23.5 Å². The molecule has 0 saturated heterocycles. The lowest BCUT2D eigenvalue weighted by molar-refractivity contribution is -0.0501. The Balaban J connectivity index is 1.72. The van der Waals surface area contributed by atoms with Crippen LogP contribution in [0.2, 0.25) is 0 Å². The normalized spacial score (nSPS) is 10.9. The van der Waals surface area contributed by atoms with E-state index in [4.69, 9.17) is 0 Å². The molecule has 28 heavy (non-hydrogen) atoms. The third kappa shape index (κ3) is 4.51. The average Bonchev–Trinajstić information content (AvgIpc) is 3.15. The van der Waals surface area contributed by atoms with E-state index in [1.165, 1.54) is 30.3 Å². The van der Waals surface area contributed by atoms with Gasteiger partial charge in [0.2, 0.25) is 0 Å². The molecule has 0 aliphatic carbocycles. The Morgan fingerprint density at radius 2 is 2.00 bits per heavy atom. The van der Waals surface area contributed by atoms with E-state index in [1.807, 2.05) is 6.92 Å². The van der Waals surface area contributed by atoms with E-state index in [9.17, 15) is 18.0 Å². The standard InChI is InChI=1S/C20H18F3N3O2/c1-2-12-7-8-13(21)9-16(12)17-10-14(25-26-17)11-24-19(27)15-5-3-4-6-18(15)28-20(22)23/h3-10,20H,2,11H2,1H3,(H,24,27)(H,25,26). The van der Waals surface area contributed by atoms with Crippen LogP contribution in [0.4, 0.5) is 13.2 Å². The number of nitrogens with zero attached hydrogens (tertiary/aromatic N) is 1. The van der Waals surface area contributed by atoms with Gasteiger partial charge in [-0.25, -0.2) is 4.39 Å². The van der Waals surface area contributed by atoms with Crippen LogP contribution in [0.5, 0.6) is 5.75 Å². The summed E-state index contributed by atoms with van der Waals surface area (Å²) in [6.45, 7) is -0.974. The van der Waals surface area contributed by atoms with Crippen LogP contribution in [0.3, 0.4) is 0 Å². The van der Waals surface area contributed by atoms with Crippen molar-refractivity contribution in [3.05, 3.63) is 71.2 Å². The quantitative estimate of drug-likeness (QED) is 0.633. The van der Waals surface area contributed by atoms with E-state index >= 15 is 0 Å². The van der Waals surface area contributed by atoms with Crippen molar-refractivity contribution < 1.29 is 22.7 Å². The van der Waals surface area contributed by atoms with Crippen molar-refractivity contribution in [3.8, 4) is 17.0 Å². The van der Waals surface area contributed by atoms with Gasteiger partial charge in [-0.15, -0.1) is 0 Å². The van der Waals surface area contributed by atoms with E-state index < -0.39 is 12.5 Å². The number of ether oxygens (including phenoxy) is 1. The van der Waals surface area contributed by atoms with Gasteiger partial charge >= 0.3 is 6.61 Å². The SMILES string of the molecule is CCc1ccc(F)cc1-c1cc(CNC(=O)c2ccccc2OC(F)F)[nH]n1. The number of aromatic nitrogens is 2. The van der Waals surface area contributed by atoms with Gasteiger partial charge in [-0.3, -0.25) is 9.89 Å². The van der Waals surface area contributed by atoms with Crippen LogP contribution in [-0.2, 0) is 13.0 Å². The van der Waals surface area contributed by atoms with Crippen LogP contribution in [0.1, 0.15) is 28.5 Å². The van der Waals surface area contributed by atoms with E-state index in [0.29, 0.717) is 17.0 Å². The molecule has 1 amide bonds. The molecule has 0 aliphatic heterocycles. The molecule has 2 aromatic carbocycles. The predicted octanol–water partition coefficient (Wildman–Crippen LogP) is 4.31. The molecule has 146 valence electrons. The molecule has 0 fully saturated rings. The molecule has 0 unspecified atom stereocenters. The molecule has 0 spiro atoms. The maximum Gasteiger partial charge on any atom is 0.387 e. The maximum absolute atomic E-state index is 13.6. The maximum atomic E-state index is 13.6. The minimum absolute atomic E-state index is 0.000869. The third-order valence-corrected chi connectivity index (χ3v) is 4.15. The first-order valence-corrected chi connectivity index (χ1v) is 8.63. The first-order valence-electron chi connectivity index (χ1n) is 8.63. The number of halogens is 3. The second kappa shape index (κ2) is 8.60. The highest BCUT2D eigenvalue weighted by Crippen LogP contribution is 2.24. The van der Waals surface area contributed by atoms with Crippen molar-refractivity contribution >= 4 is 5.91 Å². The number of para-hydroxylation sites is 1. The lowest BCUT2D eigenvalue weighted by atomic mass is 10.0. The van der Waals surface area contributed by atoms with Crippen molar-refractivity contribution in [2.45, 2.75) is 26.5 Å².